The third kappa shape index (κ3) is 63.8. The van der Waals surface area contributed by atoms with Crippen molar-refractivity contribution >= 4 is 13.5 Å². The van der Waals surface area contributed by atoms with Crippen molar-refractivity contribution < 1.29 is 0 Å². The average molecular weight is 85.2 g/mol. The van der Waals surface area contributed by atoms with Crippen LogP contribution in [0.25, 0.3) is 0 Å². The first-order valence-corrected chi connectivity index (χ1v) is 0. The van der Waals surface area contributed by atoms with Gasteiger partial charge in [-0.3, -0.25) is 0 Å². The van der Waals surface area contributed by atoms with Gasteiger partial charge in [-0.25, -0.2) is 0 Å². The Morgan fingerprint density at radius 1 is 0.500 bits per heavy atom. The second kappa shape index (κ2) is 304. The molecule has 0 rings (SSSR count). The zero-order valence-corrected chi connectivity index (χ0v) is 3.62. The van der Waals surface area contributed by atoms with Gasteiger partial charge in [-0.2, -0.15) is 13.5 Å². The number of hydrogen-bond donors (Lipinski definition) is 3. The molecule has 0 bridgehead atoms. The summed E-state index contributed by atoms with van der Waals surface area (Å²) in [6.07, 6.45) is 0. The molecule has 4 heteroatoms. The van der Waals surface area contributed by atoms with Crippen LogP contribution in [0, 0.1) is 0 Å². The van der Waals surface area contributed by atoms with Crippen LogP contribution in [0.2, 0.25) is 0 Å². The van der Waals surface area contributed by atoms with Crippen LogP contribution in [0.4, 0.5) is 0 Å². The third-order valence-corrected chi connectivity index (χ3v) is 0. The molecular weight excluding hydrogens is 74.1 g/mol. The van der Waals surface area contributed by atoms with E-state index in [1.807, 2.05) is 0 Å². The Balaban J connectivity index is 0. The molecule has 0 aliphatic heterocycles. The van der Waals surface area contributed by atoms with Crippen molar-refractivity contribution in [3.63, 3.8) is 0 Å². The Bertz CT molecular complexity index is 3.25. The van der Waals surface area contributed by atoms with Crippen molar-refractivity contribution in [2.45, 2.75) is 0 Å². The maximum atomic E-state index is 0. The molecule has 9 N–H and O–H groups in total. The summed E-state index contributed by atoms with van der Waals surface area (Å²) in [4.78, 5) is 0. The number of hydrogen-bond acceptors (Lipinski definition) is 3. The Kier molecular flexibility index (Phi) is 63300. The van der Waals surface area contributed by atoms with Crippen LogP contribution in [0.3, 0.4) is 0 Å². The molecule has 0 aromatic rings. The van der Waals surface area contributed by atoms with Crippen molar-refractivity contribution in [3.8, 4) is 0 Å². The molecule has 0 saturated heterocycles. The molecule has 0 aromatic heterocycles. The SMILES string of the molecule is N.N.N.S. The first kappa shape index (κ1) is 834. The van der Waals surface area contributed by atoms with Crippen LogP contribution < -0.4 is 18.5 Å². The fourth-order valence-corrected chi connectivity index (χ4v) is 0. The van der Waals surface area contributed by atoms with Crippen molar-refractivity contribution in [3.05, 3.63) is 0 Å². The van der Waals surface area contributed by atoms with E-state index < -0.39 is 0 Å². The van der Waals surface area contributed by atoms with E-state index in [2.05, 4.69) is 0 Å². The smallest absolute Gasteiger partial charge is 0.197 e. The lowest BCUT2D eigenvalue weighted by Gasteiger charge is -0.345. The lowest BCUT2D eigenvalue weighted by molar-refractivity contribution is 2.13. The average Bonchev–Trinajstić information content (AvgIpc) is 0. The summed E-state index contributed by atoms with van der Waals surface area (Å²) in [5.41, 5.74) is 0. The second-order valence-corrected chi connectivity index (χ2v) is 0. The van der Waals surface area contributed by atoms with Gasteiger partial charge in [0.1, 0.15) is 0 Å². The van der Waals surface area contributed by atoms with E-state index in [1.165, 1.54) is 0 Å². The predicted molar refractivity (Wildman–Crippen MR) is 25.4 cm³/mol. The lowest BCUT2D eigenvalue weighted by Crippen LogP contribution is -0.482. The lowest BCUT2D eigenvalue weighted by atomic mass is 14.0. The summed E-state index contributed by atoms with van der Waals surface area (Å²) in [7, 11) is 0. The summed E-state index contributed by atoms with van der Waals surface area (Å²) in [6, 6.07) is 0. The Morgan fingerprint density at radius 2 is 0.500 bits per heavy atom. The fraction of sp³-hybridized carbons (Fsp3) is 0. The molecule has 4 heavy (non-hydrogen) atoms. The van der Waals surface area contributed by atoms with Crippen LogP contribution in [0.1, 0.15) is 0 Å². The van der Waals surface area contributed by atoms with Crippen LogP contribution >= 0.6 is 13.5 Å². The van der Waals surface area contributed by atoms with Gasteiger partial charge in [0, 0.05) is 0 Å². The molecule has 0 unspecified atom stereocenters. The minimum Gasteiger partial charge on any atom is -0.344 e. The van der Waals surface area contributed by atoms with Crippen LogP contribution in [0.15, 0.2) is 0 Å². The van der Waals surface area contributed by atoms with Crippen LogP contribution in [-0.2, 0) is 0 Å². The highest BCUT2D eigenvalue weighted by atomic mass is 32.1. The summed E-state index contributed by atoms with van der Waals surface area (Å²) in [5.74, 6) is 0. The van der Waals surface area contributed by atoms with E-state index >= 15 is 0 Å². The molecule has 0 radical (unpaired) electrons. The molecular formula is H11N3S. The molecule has 0 aliphatic rings. The highest BCUT2D eigenvalue weighted by Crippen LogP contribution is 0.648. The van der Waals surface area contributed by atoms with E-state index in [4.69, 9.17) is 0 Å². The highest BCUT2D eigenvalue weighted by molar-refractivity contribution is 7.59. The first-order valence-electron chi connectivity index (χ1n) is 0. The van der Waals surface area contributed by atoms with Crippen LogP contribution in [0.5, 0.6) is 0 Å². The maximum absolute atomic E-state index is 0. The summed E-state index contributed by atoms with van der Waals surface area (Å²) in [6.45, 7) is 0. The molecule has 0 amide bonds. The monoisotopic (exact) mass is 85.1 g/mol. The molecule has 0 spiro atoms. The van der Waals surface area contributed by atoms with Gasteiger partial charge in [-0.1, -0.05) is 0 Å². The Labute approximate surface area is 33.0 Å². The van der Waals surface area contributed by atoms with Gasteiger partial charge >= 0.3 is 0 Å². The van der Waals surface area contributed by atoms with Crippen molar-refractivity contribution in [1.82, 2.24) is 18.5 Å². The minimum absolute atomic E-state index is 0. The van der Waals surface area contributed by atoms with E-state index in [0.29, 0.717) is 0 Å². The minimum atomic E-state index is 0. The summed E-state index contributed by atoms with van der Waals surface area (Å²) < 4.78 is 0. The quantitative estimate of drug-likeness (QED) is 0.401. The van der Waals surface area contributed by atoms with Crippen molar-refractivity contribution in [1.29, 1.82) is 0 Å². The summed E-state index contributed by atoms with van der Waals surface area (Å²) >= 11 is 0. The molecule has 0 atom stereocenters. The third-order valence-electron chi connectivity index (χ3n) is 0. The first-order chi connectivity index (χ1) is 0. The van der Waals surface area contributed by atoms with E-state index in [1.54, 1.807) is 0 Å². The molecule has 0 heterocycles. The second-order valence-electron chi connectivity index (χ2n) is 0. The molecule has 32 valence electrons. The van der Waals surface area contributed by atoms with Gasteiger partial charge in [0.05, 0.1) is 0 Å². The topological polar surface area (TPSA) is 105 Å². The molecule has 0 aliphatic carbocycles. The zero-order chi connectivity index (χ0) is 0. The van der Waals surface area contributed by atoms with Gasteiger partial charge < -0.3 is 18.5 Å². The van der Waals surface area contributed by atoms with Gasteiger partial charge in [-0.05, 0) is 0 Å². The van der Waals surface area contributed by atoms with E-state index in [0.717, 1.165) is 0 Å². The molecule has 0 aromatic carbocycles. The Hall–Kier alpha value is 0.230. The molecule has 3 nitrogen and oxygen atoms in total. The zero-order valence-electron chi connectivity index (χ0n) is 2.62. The van der Waals surface area contributed by atoms with E-state index in [9.17, 15) is 0 Å². The number of rotatable bonds is 0. The summed E-state index contributed by atoms with van der Waals surface area (Å²) in [5, 5.41) is 0. The largest absolute Gasteiger partial charge is 0.344 e. The van der Waals surface area contributed by atoms with Gasteiger partial charge in [0.15, 0.2) is 0 Å². The fourth-order valence-electron chi connectivity index (χ4n) is 0. The highest BCUT2D eigenvalue weighted by Gasteiger charge is -0.197. The normalized spacial score (nSPS) is 0. The Morgan fingerprint density at radius 3 is 0.500 bits per heavy atom. The van der Waals surface area contributed by atoms with Crippen LogP contribution in [-0.4, -0.2) is 0 Å². The van der Waals surface area contributed by atoms with Gasteiger partial charge in [0.25, 0.3) is 0 Å². The standard InChI is InChI=1S/3H3N.H2S/h3*1H3;1H2. The predicted octanol–water partition coefficient (Wildman–Crippen LogP) is 0.599. The molecule has 0 fully saturated rings. The van der Waals surface area contributed by atoms with Crippen molar-refractivity contribution in [2.24, 2.45) is 0 Å². The maximum Gasteiger partial charge on any atom is -0.197 e. The van der Waals surface area contributed by atoms with Gasteiger partial charge in [0.2, 0.25) is 0 Å². The van der Waals surface area contributed by atoms with Crippen molar-refractivity contribution in [2.75, 3.05) is 0 Å². The van der Waals surface area contributed by atoms with E-state index in [-0.39, 0.29) is 31.9 Å². The van der Waals surface area contributed by atoms with Gasteiger partial charge in [-0.15, -0.1) is 0 Å². The molecule has 0 saturated carbocycles.